The molecule has 3 rings (SSSR count). The summed E-state index contributed by atoms with van der Waals surface area (Å²) in [4.78, 5) is 27.5. The van der Waals surface area contributed by atoms with Crippen LogP contribution in [-0.4, -0.2) is 51.3 Å². The number of rotatable bonds is 10. The molecule has 7 nitrogen and oxygen atoms in total. The fourth-order valence-corrected chi connectivity index (χ4v) is 5.41. The van der Waals surface area contributed by atoms with E-state index < -0.39 is 28.5 Å². The molecule has 184 valence electrons. The zero-order valence-corrected chi connectivity index (χ0v) is 21.2. The largest absolute Gasteiger partial charge is 0.357 e. The number of hydrogen-bond acceptors (Lipinski definition) is 4. The number of benzene rings is 3. The van der Waals surface area contributed by atoms with Crippen molar-refractivity contribution in [1.29, 1.82) is 0 Å². The van der Waals surface area contributed by atoms with Crippen molar-refractivity contribution in [1.82, 2.24) is 10.2 Å². The van der Waals surface area contributed by atoms with E-state index in [1.807, 2.05) is 30.3 Å². The Morgan fingerprint density at radius 3 is 2.09 bits per heavy atom. The predicted molar refractivity (Wildman–Crippen MR) is 138 cm³/mol. The second-order valence-electron chi connectivity index (χ2n) is 7.89. The molecular formula is C26H28ClN3O4S. The number of nitrogens with zero attached hydrogens (tertiary/aromatic N) is 2. The number of nitrogens with one attached hydrogen (secondary N) is 1. The Bertz CT molecular complexity index is 1250. The van der Waals surface area contributed by atoms with Crippen molar-refractivity contribution in [2.75, 3.05) is 24.4 Å². The third-order valence-corrected chi connectivity index (χ3v) is 7.72. The first-order valence-corrected chi connectivity index (χ1v) is 12.9. The van der Waals surface area contributed by atoms with E-state index in [9.17, 15) is 18.0 Å². The van der Waals surface area contributed by atoms with E-state index in [2.05, 4.69) is 5.32 Å². The molecule has 0 saturated heterocycles. The fraction of sp³-hybridized carbons (Fsp3) is 0.231. The zero-order chi connectivity index (χ0) is 25.4. The van der Waals surface area contributed by atoms with E-state index in [4.69, 9.17) is 11.6 Å². The van der Waals surface area contributed by atoms with Crippen molar-refractivity contribution >= 4 is 39.1 Å². The van der Waals surface area contributed by atoms with E-state index in [0.29, 0.717) is 6.42 Å². The molecule has 35 heavy (non-hydrogen) atoms. The van der Waals surface area contributed by atoms with Crippen LogP contribution in [0.3, 0.4) is 0 Å². The molecule has 0 aromatic heterocycles. The van der Waals surface area contributed by atoms with Crippen LogP contribution in [0.15, 0.2) is 89.8 Å². The third kappa shape index (κ3) is 6.41. The van der Waals surface area contributed by atoms with E-state index in [-0.39, 0.29) is 28.1 Å². The average Bonchev–Trinajstić information content (AvgIpc) is 2.88. The Morgan fingerprint density at radius 2 is 1.49 bits per heavy atom. The minimum absolute atomic E-state index is 0.0305. The molecule has 1 atom stereocenters. The summed E-state index contributed by atoms with van der Waals surface area (Å²) in [6.07, 6.45) is 0.505. The lowest BCUT2D eigenvalue weighted by Gasteiger charge is -2.32. The van der Waals surface area contributed by atoms with Crippen molar-refractivity contribution in [3.8, 4) is 0 Å². The summed E-state index contributed by atoms with van der Waals surface area (Å²) in [5, 5.41) is 2.75. The highest BCUT2D eigenvalue weighted by atomic mass is 35.5. The van der Waals surface area contributed by atoms with Gasteiger partial charge in [0.05, 0.1) is 15.6 Å². The standard InChI is InChI=1S/C26H28ClN3O4S/c1-20(26(32)28-2)29(18-17-21-11-5-3-6-12-21)25(31)19-30(24-16-10-9-15-23(24)27)35(33,34)22-13-7-4-8-14-22/h3-16,20H,17-19H2,1-2H3,(H,28,32). The molecular weight excluding hydrogens is 486 g/mol. The van der Waals surface area contributed by atoms with E-state index >= 15 is 0 Å². The number of sulfonamides is 1. The zero-order valence-electron chi connectivity index (χ0n) is 19.6. The third-order valence-electron chi connectivity index (χ3n) is 5.63. The van der Waals surface area contributed by atoms with Gasteiger partial charge in [-0.2, -0.15) is 0 Å². The van der Waals surface area contributed by atoms with Crippen molar-refractivity contribution in [3.63, 3.8) is 0 Å². The summed E-state index contributed by atoms with van der Waals surface area (Å²) < 4.78 is 28.2. The molecule has 0 aliphatic rings. The Hall–Kier alpha value is -3.36. The van der Waals surface area contributed by atoms with E-state index in [1.54, 1.807) is 49.4 Å². The van der Waals surface area contributed by atoms with Crippen LogP contribution in [0.1, 0.15) is 12.5 Å². The number of halogens is 1. The average molecular weight is 514 g/mol. The Labute approximate surface area is 211 Å². The smallest absolute Gasteiger partial charge is 0.264 e. The van der Waals surface area contributed by atoms with Gasteiger partial charge in [-0.3, -0.25) is 13.9 Å². The van der Waals surface area contributed by atoms with Crippen LogP contribution in [0.5, 0.6) is 0 Å². The highest BCUT2D eigenvalue weighted by Gasteiger charge is 2.32. The maximum atomic E-state index is 13.6. The lowest BCUT2D eigenvalue weighted by molar-refractivity contribution is -0.138. The number of carbonyl (C=O) groups excluding carboxylic acids is 2. The molecule has 0 heterocycles. The van der Waals surface area contributed by atoms with Crippen molar-refractivity contribution in [2.24, 2.45) is 0 Å². The lowest BCUT2D eigenvalue weighted by Crippen LogP contribution is -2.51. The van der Waals surface area contributed by atoms with Gasteiger partial charge < -0.3 is 10.2 Å². The molecule has 3 aromatic carbocycles. The van der Waals surface area contributed by atoms with Gasteiger partial charge in [0.25, 0.3) is 10.0 Å². The molecule has 1 N–H and O–H groups in total. The summed E-state index contributed by atoms with van der Waals surface area (Å²) >= 11 is 6.36. The minimum atomic E-state index is -4.12. The fourth-order valence-electron chi connectivity index (χ4n) is 3.67. The molecule has 0 bridgehead atoms. The molecule has 0 spiro atoms. The predicted octanol–water partition coefficient (Wildman–Crippen LogP) is 3.74. The van der Waals surface area contributed by atoms with E-state index in [0.717, 1.165) is 9.87 Å². The first kappa shape index (κ1) is 26.2. The summed E-state index contributed by atoms with van der Waals surface area (Å²) in [5.74, 6) is -0.863. The maximum absolute atomic E-state index is 13.6. The first-order chi connectivity index (χ1) is 16.8. The van der Waals surface area contributed by atoms with Crippen LogP contribution in [0.4, 0.5) is 5.69 Å². The van der Waals surface area contributed by atoms with Gasteiger partial charge >= 0.3 is 0 Å². The second kappa shape index (κ2) is 11.9. The van der Waals surface area contributed by atoms with Crippen LogP contribution < -0.4 is 9.62 Å². The van der Waals surface area contributed by atoms with Crippen LogP contribution >= 0.6 is 11.6 Å². The molecule has 0 aliphatic carbocycles. The van der Waals surface area contributed by atoms with Gasteiger partial charge in [-0.15, -0.1) is 0 Å². The summed E-state index contributed by atoms with van der Waals surface area (Å²) in [6.45, 7) is 1.34. The Morgan fingerprint density at radius 1 is 0.914 bits per heavy atom. The Kier molecular flexibility index (Phi) is 8.89. The summed E-state index contributed by atoms with van der Waals surface area (Å²) in [6, 6.07) is 23.1. The van der Waals surface area contributed by atoms with Crippen molar-refractivity contribution in [3.05, 3.63) is 95.5 Å². The van der Waals surface area contributed by atoms with E-state index in [1.165, 1.54) is 24.1 Å². The second-order valence-corrected chi connectivity index (χ2v) is 10.2. The molecule has 9 heteroatoms. The SMILES string of the molecule is CNC(=O)C(C)N(CCc1ccccc1)C(=O)CN(c1ccccc1Cl)S(=O)(=O)c1ccccc1. The monoisotopic (exact) mass is 513 g/mol. The highest BCUT2D eigenvalue weighted by molar-refractivity contribution is 7.92. The molecule has 0 radical (unpaired) electrons. The first-order valence-electron chi connectivity index (χ1n) is 11.1. The van der Waals surface area contributed by atoms with Crippen LogP contribution in [0, 0.1) is 0 Å². The minimum Gasteiger partial charge on any atom is -0.357 e. The Balaban J connectivity index is 1.97. The highest BCUT2D eigenvalue weighted by Crippen LogP contribution is 2.30. The number of para-hydroxylation sites is 1. The summed E-state index contributed by atoms with van der Waals surface area (Å²) in [7, 11) is -2.63. The molecule has 0 saturated carbocycles. The normalized spacial score (nSPS) is 12.0. The molecule has 1 unspecified atom stereocenters. The van der Waals surface area contributed by atoms with Gasteiger partial charge in [-0.1, -0.05) is 72.3 Å². The van der Waals surface area contributed by atoms with Gasteiger partial charge in [0.1, 0.15) is 12.6 Å². The van der Waals surface area contributed by atoms with Crippen molar-refractivity contribution < 1.29 is 18.0 Å². The van der Waals surface area contributed by atoms with Gasteiger partial charge in [0.2, 0.25) is 11.8 Å². The maximum Gasteiger partial charge on any atom is 0.264 e. The number of hydrogen-bond donors (Lipinski definition) is 1. The van der Waals surface area contributed by atoms with Gasteiger partial charge in [-0.05, 0) is 43.2 Å². The van der Waals surface area contributed by atoms with Crippen LogP contribution in [0.2, 0.25) is 5.02 Å². The summed E-state index contributed by atoms with van der Waals surface area (Å²) in [5.41, 5.74) is 1.18. The lowest BCUT2D eigenvalue weighted by atomic mass is 10.1. The van der Waals surface area contributed by atoms with Gasteiger partial charge in [-0.25, -0.2) is 8.42 Å². The number of anilines is 1. The number of amides is 2. The quantitative estimate of drug-likeness (QED) is 0.447. The molecule has 0 aliphatic heterocycles. The van der Waals surface area contributed by atoms with Crippen LogP contribution in [-0.2, 0) is 26.0 Å². The van der Waals surface area contributed by atoms with Gasteiger partial charge in [0, 0.05) is 13.6 Å². The molecule has 0 fully saturated rings. The molecule has 3 aromatic rings. The number of likely N-dealkylation sites (N-methyl/N-ethyl adjacent to an activating group) is 1. The van der Waals surface area contributed by atoms with Crippen molar-refractivity contribution in [2.45, 2.75) is 24.3 Å². The van der Waals surface area contributed by atoms with Gasteiger partial charge in [0.15, 0.2) is 0 Å². The molecule has 2 amide bonds. The number of carbonyl (C=O) groups is 2. The van der Waals surface area contributed by atoms with Crippen LogP contribution in [0.25, 0.3) is 0 Å². The topological polar surface area (TPSA) is 86.8 Å².